The fraction of sp³-hybridized carbons (Fsp3) is 0.478. The Morgan fingerprint density at radius 2 is 2.11 bits per heavy atom. The maximum atomic E-state index is 13.4. The zero-order chi connectivity index (χ0) is 26.6. The van der Waals surface area contributed by atoms with Gasteiger partial charge in [0, 0.05) is 37.6 Å². The number of aromatic amines is 1. The fourth-order valence-corrected chi connectivity index (χ4v) is 7.08. The number of rotatable bonds is 10. The maximum Gasteiger partial charge on any atom is 0.408 e. The van der Waals surface area contributed by atoms with Crippen molar-refractivity contribution >= 4 is 41.5 Å². The smallest absolute Gasteiger partial charge is 0.390 e. The van der Waals surface area contributed by atoms with Crippen molar-refractivity contribution in [3.8, 4) is 0 Å². The molecule has 2 fully saturated rings. The van der Waals surface area contributed by atoms with Gasteiger partial charge in [-0.2, -0.15) is 0 Å². The van der Waals surface area contributed by atoms with Crippen LogP contribution in [0.2, 0.25) is 0 Å². The lowest BCUT2D eigenvalue weighted by Crippen LogP contribution is -2.33. The number of likely N-dealkylation sites (N-methyl/N-ethyl adjacent to an activating group) is 1. The molecule has 0 aliphatic carbocycles. The van der Waals surface area contributed by atoms with Gasteiger partial charge in [-0.15, -0.1) is 0 Å². The van der Waals surface area contributed by atoms with Crippen LogP contribution in [0.3, 0.4) is 0 Å². The van der Waals surface area contributed by atoms with Gasteiger partial charge in [0.2, 0.25) is 0 Å². The molecule has 2 N–H and O–H groups in total. The maximum absolute atomic E-state index is 13.4. The topological polar surface area (TPSA) is 132 Å². The molecule has 0 spiro atoms. The number of aliphatic hydroxyl groups is 1. The van der Waals surface area contributed by atoms with E-state index in [0.717, 1.165) is 4.90 Å². The monoisotopic (exact) mass is 617 g/mol. The van der Waals surface area contributed by atoms with Gasteiger partial charge >= 0.3 is 13.4 Å². The second-order valence-corrected chi connectivity index (χ2v) is 12.5. The number of H-pyrrole nitrogens is 1. The van der Waals surface area contributed by atoms with Crippen LogP contribution in [-0.2, 0) is 23.1 Å². The van der Waals surface area contributed by atoms with Gasteiger partial charge in [-0.3, -0.25) is 23.4 Å². The van der Waals surface area contributed by atoms with Gasteiger partial charge in [-0.25, -0.2) is 14.0 Å². The number of hydrogen-bond acceptors (Lipinski definition) is 9. The highest BCUT2D eigenvalue weighted by Gasteiger charge is 2.45. The molecule has 6 unspecified atom stereocenters. The van der Waals surface area contributed by atoms with Crippen LogP contribution < -0.4 is 11.2 Å². The number of nitrogens with one attached hydrogen (secondary N) is 1. The Kier molecular flexibility index (Phi) is 9.65. The first kappa shape index (κ1) is 28.5. The standard InChI is InChI=1S/C23H29BrN3O8PS/c1-26-13-16(10-21(32-2)37-17-6-4-3-5-7-17)35-36(26,31)33-14-19-18(28)11-20(34-19)27-12-15(8-9-24)22(29)25-23(27)30/h3-9,12,16,18-21,28H,10-11,13-14H2,1-2H3,(H,25,29,30)/b9-8+. The van der Waals surface area contributed by atoms with Crippen LogP contribution in [0.25, 0.3) is 6.08 Å². The fourth-order valence-electron chi connectivity index (χ4n) is 4.11. The van der Waals surface area contributed by atoms with Crippen molar-refractivity contribution in [3.05, 3.63) is 67.9 Å². The SMILES string of the molecule is COC(CC1CN(C)P(=O)(OCC2OC(n3cc(/C=C/Br)c(=O)[nH]c3=O)CC2O)O1)Sc1ccccc1. The number of benzene rings is 1. The molecule has 0 bridgehead atoms. The Morgan fingerprint density at radius 3 is 2.81 bits per heavy atom. The third kappa shape index (κ3) is 6.92. The van der Waals surface area contributed by atoms with Crippen molar-refractivity contribution < 1.29 is 28.2 Å². The molecule has 4 rings (SSSR count). The van der Waals surface area contributed by atoms with E-state index < -0.39 is 37.4 Å². The molecule has 3 heterocycles. The summed E-state index contributed by atoms with van der Waals surface area (Å²) < 4.78 is 39.1. The van der Waals surface area contributed by atoms with Crippen molar-refractivity contribution in [1.82, 2.24) is 14.2 Å². The summed E-state index contributed by atoms with van der Waals surface area (Å²) in [7, 11) is -0.347. The largest absolute Gasteiger partial charge is 0.408 e. The highest BCUT2D eigenvalue weighted by atomic mass is 79.9. The number of halogens is 1. The lowest BCUT2D eigenvalue weighted by Gasteiger charge is -2.22. The Morgan fingerprint density at radius 1 is 1.35 bits per heavy atom. The number of methoxy groups -OCH3 is 1. The van der Waals surface area contributed by atoms with E-state index in [2.05, 4.69) is 20.9 Å². The summed E-state index contributed by atoms with van der Waals surface area (Å²) in [6, 6.07) is 9.83. The highest BCUT2D eigenvalue weighted by Crippen LogP contribution is 2.57. The second-order valence-electron chi connectivity index (χ2n) is 8.64. The summed E-state index contributed by atoms with van der Waals surface area (Å²) in [6.07, 6.45) is 0.410. The summed E-state index contributed by atoms with van der Waals surface area (Å²) in [5.41, 5.74) is -1.16. The average Bonchev–Trinajstić information content (AvgIpc) is 3.37. The minimum atomic E-state index is -3.62. The van der Waals surface area contributed by atoms with Crippen LogP contribution in [0.5, 0.6) is 0 Å². The second kappa shape index (κ2) is 12.5. The summed E-state index contributed by atoms with van der Waals surface area (Å²) >= 11 is 4.66. The van der Waals surface area contributed by atoms with E-state index in [9.17, 15) is 19.3 Å². The normalized spacial score (nSPS) is 29.3. The van der Waals surface area contributed by atoms with Crippen LogP contribution in [0.15, 0.2) is 56.0 Å². The van der Waals surface area contributed by atoms with Gasteiger partial charge in [0.25, 0.3) is 5.56 Å². The lowest BCUT2D eigenvalue weighted by atomic mass is 10.2. The number of aromatic nitrogens is 2. The first-order valence-corrected chi connectivity index (χ1v) is 14.9. The molecule has 37 heavy (non-hydrogen) atoms. The van der Waals surface area contributed by atoms with Crippen molar-refractivity contribution in [2.45, 2.75) is 47.7 Å². The first-order chi connectivity index (χ1) is 17.7. The van der Waals surface area contributed by atoms with Crippen LogP contribution >= 0.6 is 35.4 Å². The molecule has 0 radical (unpaired) electrons. The lowest BCUT2D eigenvalue weighted by molar-refractivity contribution is -0.0443. The third-order valence-electron chi connectivity index (χ3n) is 6.05. The molecule has 0 amide bonds. The van der Waals surface area contributed by atoms with Crippen molar-refractivity contribution in [2.24, 2.45) is 0 Å². The van der Waals surface area contributed by atoms with E-state index in [-0.39, 0.29) is 30.1 Å². The van der Waals surface area contributed by atoms with E-state index in [1.165, 1.54) is 26.5 Å². The first-order valence-electron chi connectivity index (χ1n) is 11.6. The average molecular weight is 618 g/mol. The molecular weight excluding hydrogens is 589 g/mol. The van der Waals surface area contributed by atoms with Crippen LogP contribution in [0.4, 0.5) is 0 Å². The molecular formula is C23H29BrN3O8PS. The van der Waals surface area contributed by atoms with E-state index in [1.807, 2.05) is 30.3 Å². The van der Waals surface area contributed by atoms with Gasteiger partial charge in [-0.05, 0) is 30.2 Å². The van der Waals surface area contributed by atoms with Crippen molar-refractivity contribution in [2.75, 3.05) is 27.3 Å². The molecule has 1 aromatic carbocycles. The summed E-state index contributed by atoms with van der Waals surface area (Å²) in [4.78, 5) is 29.0. The molecule has 1 aromatic heterocycles. The summed E-state index contributed by atoms with van der Waals surface area (Å²) in [6.45, 7) is 0.185. The Bertz CT molecular complexity index is 1260. The van der Waals surface area contributed by atoms with Gasteiger partial charge in [-0.1, -0.05) is 45.9 Å². The Labute approximate surface area is 226 Å². The zero-order valence-corrected chi connectivity index (χ0v) is 23.6. The molecule has 14 heteroatoms. The molecule has 0 saturated carbocycles. The quantitative estimate of drug-likeness (QED) is 0.233. The third-order valence-corrected chi connectivity index (χ3v) is 9.55. The summed E-state index contributed by atoms with van der Waals surface area (Å²) in [5, 5.41) is 10.5. The number of aliphatic hydroxyl groups excluding tert-OH is 1. The number of thioether (sulfide) groups is 1. The molecule has 2 aromatic rings. The van der Waals surface area contributed by atoms with E-state index in [0.29, 0.717) is 13.0 Å². The van der Waals surface area contributed by atoms with E-state index >= 15 is 0 Å². The van der Waals surface area contributed by atoms with Gasteiger partial charge < -0.3 is 14.6 Å². The van der Waals surface area contributed by atoms with Crippen LogP contribution in [-0.4, -0.2) is 70.4 Å². The number of hydrogen-bond donors (Lipinski definition) is 2. The zero-order valence-electron chi connectivity index (χ0n) is 20.3. The molecule has 6 atom stereocenters. The Balaban J connectivity index is 1.35. The minimum absolute atomic E-state index is 0.0906. The Hall–Kier alpha value is -1.54. The molecule has 2 aliphatic heterocycles. The highest BCUT2D eigenvalue weighted by molar-refractivity contribution is 9.11. The molecule has 202 valence electrons. The van der Waals surface area contributed by atoms with Crippen LogP contribution in [0, 0.1) is 0 Å². The van der Waals surface area contributed by atoms with E-state index in [4.69, 9.17) is 18.5 Å². The van der Waals surface area contributed by atoms with Crippen molar-refractivity contribution in [3.63, 3.8) is 0 Å². The minimum Gasteiger partial charge on any atom is -0.390 e. The number of nitrogens with zero attached hydrogens (tertiary/aromatic N) is 2. The molecule has 2 aliphatic rings. The van der Waals surface area contributed by atoms with Gasteiger partial charge in [0.1, 0.15) is 17.8 Å². The van der Waals surface area contributed by atoms with Crippen molar-refractivity contribution in [1.29, 1.82) is 0 Å². The van der Waals surface area contributed by atoms with Gasteiger partial charge in [0.15, 0.2) is 0 Å². The van der Waals surface area contributed by atoms with Crippen LogP contribution in [0.1, 0.15) is 24.6 Å². The molecule has 2 saturated heterocycles. The van der Waals surface area contributed by atoms with E-state index in [1.54, 1.807) is 25.9 Å². The number of ether oxygens (including phenoxy) is 2. The molecule has 11 nitrogen and oxygen atoms in total. The van der Waals surface area contributed by atoms with Gasteiger partial charge in [0.05, 0.1) is 24.4 Å². The predicted octanol–water partition coefficient (Wildman–Crippen LogP) is 3.16. The summed E-state index contributed by atoms with van der Waals surface area (Å²) in [5.74, 6) is 0. The predicted molar refractivity (Wildman–Crippen MR) is 143 cm³/mol.